The number of rotatable bonds is 9. The fraction of sp³-hybridized carbons (Fsp3) is 0.667. The Bertz CT molecular complexity index is 838. The average molecular weight is 425 g/mol. The van der Waals surface area contributed by atoms with E-state index in [2.05, 4.69) is 24.9 Å². The molecule has 0 spiro atoms. The lowest BCUT2D eigenvalue weighted by Gasteiger charge is -2.24. The normalized spacial score (nSPS) is 17.8. The fourth-order valence-corrected chi connectivity index (χ4v) is 4.43. The molecule has 3 rings (SSSR count). The van der Waals surface area contributed by atoms with Gasteiger partial charge in [-0.3, -0.25) is 14.5 Å². The summed E-state index contributed by atoms with van der Waals surface area (Å²) in [4.78, 5) is 35.6. The molecule has 1 aromatic rings. The third-order valence-corrected chi connectivity index (χ3v) is 6.33. The Hall–Kier alpha value is -2.27. The van der Waals surface area contributed by atoms with E-state index >= 15 is 0 Å². The van der Waals surface area contributed by atoms with Gasteiger partial charge in [0.05, 0.1) is 5.75 Å². The minimum absolute atomic E-state index is 0.111. The maximum Gasteiger partial charge on any atom is 0.229 e. The molecule has 0 atom stereocenters. The summed E-state index contributed by atoms with van der Waals surface area (Å²) in [5.74, 6) is 0.446. The van der Waals surface area contributed by atoms with E-state index in [1.165, 1.54) is 0 Å². The molecule has 160 valence electrons. The Balaban J connectivity index is 1.44. The zero-order valence-corrected chi connectivity index (χ0v) is 17.5. The molecule has 0 radical (unpaired) electrons. The van der Waals surface area contributed by atoms with Crippen molar-refractivity contribution in [1.29, 1.82) is 0 Å². The molecule has 0 aromatic carbocycles. The Morgan fingerprint density at radius 3 is 2.41 bits per heavy atom. The van der Waals surface area contributed by atoms with Gasteiger partial charge < -0.3 is 10.2 Å². The number of hydrogen-bond donors (Lipinski definition) is 2. The van der Waals surface area contributed by atoms with Crippen LogP contribution in [-0.4, -0.2) is 73.6 Å². The standard InChI is InChI=1S/C18H28N6O4S/c1-14-13-15(23-9-2-3-10-23)22-18(21-14)19-7-8-20-29(27,28)12-11-24-16(25)5-4-6-17(24)26/h13,20H,2-12H2,1H3,(H,19,21,22). The number of amides is 2. The summed E-state index contributed by atoms with van der Waals surface area (Å²) in [6, 6.07) is 1.95. The Morgan fingerprint density at radius 1 is 1.03 bits per heavy atom. The third-order valence-electron chi connectivity index (χ3n) is 4.97. The maximum absolute atomic E-state index is 12.2. The number of anilines is 2. The van der Waals surface area contributed by atoms with Crippen molar-refractivity contribution < 1.29 is 18.0 Å². The second kappa shape index (κ2) is 9.49. The summed E-state index contributed by atoms with van der Waals surface area (Å²) in [5, 5.41) is 3.05. The number of hydrogen-bond acceptors (Lipinski definition) is 8. The van der Waals surface area contributed by atoms with Gasteiger partial charge in [-0.25, -0.2) is 18.1 Å². The topological polar surface area (TPSA) is 125 Å². The van der Waals surface area contributed by atoms with E-state index in [0.717, 1.165) is 42.3 Å². The molecule has 29 heavy (non-hydrogen) atoms. The van der Waals surface area contributed by atoms with Crippen LogP contribution < -0.4 is 14.9 Å². The van der Waals surface area contributed by atoms with E-state index in [-0.39, 0.29) is 30.7 Å². The second-order valence-electron chi connectivity index (χ2n) is 7.32. The molecule has 0 unspecified atom stereocenters. The number of piperidine rings is 1. The van der Waals surface area contributed by atoms with Crippen LogP contribution in [0.25, 0.3) is 0 Å². The zero-order valence-electron chi connectivity index (χ0n) is 16.7. The highest BCUT2D eigenvalue weighted by atomic mass is 32.2. The smallest absolute Gasteiger partial charge is 0.229 e. The number of nitrogens with zero attached hydrogens (tertiary/aromatic N) is 4. The van der Waals surface area contributed by atoms with Crippen LogP contribution in [0.5, 0.6) is 0 Å². The first-order chi connectivity index (χ1) is 13.8. The first kappa shape index (κ1) is 21.4. The monoisotopic (exact) mass is 424 g/mol. The third kappa shape index (κ3) is 6.10. The van der Waals surface area contributed by atoms with Crippen LogP contribution in [0.4, 0.5) is 11.8 Å². The Kier molecular flexibility index (Phi) is 7.01. The van der Waals surface area contributed by atoms with E-state index in [1.807, 2.05) is 13.0 Å². The van der Waals surface area contributed by atoms with Gasteiger partial charge in [0.2, 0.25) is 27.8 Å². The molecule has 0 bridgehead atoms. The number of likely N-dealkylation sites (tertiary alicyclic amines) is 1. The predicted molar refractivity (Wildman–Crippen MR) is 109 cm³/mol. The molecule has 3 heterocycles. The van der Waals surface area contributed by atoms with Gasteiger partial charge in [0.15, 0.2) is 0 Å². The van der Waals surface area contributed by atoms with Crippen molar-refractivity contribution in [2.75, 3.05) is 48.7 Å². The fourth-order valence-electron chi connectivity index (χ4n) is 3.45. The van der Waals surface area contributed by atoms with Crippen LogP contribution >= 0.6 is 0 Å². The molecule has 2 N–H and O–H groups in total. The van der Waals surface area contributed by atoms with Gasteiger partial charge in [-0.2, -0.15) is 4.98 Å². The molecule has 2 amide bonds. The molecule has 2 fully saturated rings. The summed E-state index contributed by atoms with van der Waals surface area (Å²) in [7, 11) is -3.60. The highest BCUT2D eigenvalue weighted by Crippen LogP contribution is 2.19. The first-order valence-electron chi connectivity index (χ1n) is 9.99. The minimum Gasteiger partial charge on any atom is -0.356 e. The minimum atomic E-state index is -3.60. The highest BCUT2D eigenvalue weighted by Gasteiger charge is 2.27. The lowest BCUT2D eigenvalue weighted by Crippen LogP contribution is -2.44. The van der Waals surface area contributed by atoms with Crippen LogP contribution in [0.1, 0.15) is 37.8 Å². The number of imide groups is 1. The van der Waals surface area contributed by atoms with Crippen LogP contribution in [0.2, 0.25) is 0 Å². The van der Waals surface area contributed by atoms with E-state index in [9.17, 15) is 18.0 Å². The molecular formula is C18H28N6O4S. The molecular weight excluding hydrogens is 396 g/mol. The van der Waals surface area contributed by atoms with Gasteiger partial charge in [0, 0.05) is 57.3 Å². The van der Waals surface area contributed by atoms with E-state index < -0.39 is 10.0 Å². The molecule has 2 aliphatic heterocycles. The van der Waals surface area contributed by atoms with Crippen LogP contribution in [0.15, 0.2) is 6.07 Å². The SMILES string of the molecule is Cc1cc(N2CCCC2)nc(NCCNS(=O)(=O)CCN2C(=O)CCCC2=O)n1. The number of carbonyl (C=O) groups is 2. The molecule has 11 heteroatoms. The zero-order chi connectivity index (χ0) is 20.9. The molecule has 2 aliphatic rings. The van der Waals surface area contributed by atoms with E-state index in [0.29, 0.717) is 31.8 Å². The van der Waals surface area contributed by atoms with Gasteiger partial charge in [-0.1, -0.05) is 0 Å². The molecule has 1 aromatic heterocycles. The largest absolute Gasteiger partial charge is 0.356 e. The lowest BCUT2D eigenvalue weighted by atomic mass is 10.1. The summed E-state index contributed by atoms with van der Waals surface area (Å²) < 4.78 is 26.8. The van der Waals surface area contributed by atoms with Crippen molar-refractivity contribution in [1.82, 2.24) is 19.6 Å². The van der Waals surface area contributed by atoms with Crippen molar-refractivity contribution in [3.8, 4) is 0 Å². The van der Waals surface area contributed by atoms with Crippen molar-refractivity contribution in [2.45, 2.75) is 39.0 Å². The van der Waals surface area contributed by atoms with Crippen molar-refractivity contribution >= 4 is 33.6 Å². The average Bonchev–Trinajstić information content (AvgIpc) is 3.19. The summed E-state index contributed by atoms with van der Waals surface area (Å²) in [5.41, 5.74) is 0.848. The number of aromatic nitrogens is 2. The van der Waals surface area contributed by atoms with Crippen molar-refractivity contribution in [3.05, 3.63) is 11.8 Å². The van der Waals surface area contributed by atoms with Gasteiger partial charge in [0.25, 0.3) is 0 Å². The quantitative estimate of drug-likeness (QED) is 0.427. The lowest BCUT2D eigenvalue weighted by molar-refractivity contribution is -0.147. The van der Waals surface area contributed by atoms with Crippen LogP contribution in [0, 0.1) is 6.92 Å². The summed E-state index contributed by atoms with van der Waals surface area (Å²) >= 11 is 0. The molecule has 0 saturated carbocycles. The van der Waals surface area contributed by atoms with Crippen LogP contribution in [0.3, 0.4) is 0 Å². The second-order valence-corrected chi connectivity index (χ2v) is 9.24. The van der Waals surface area contributed by atoms with Gasteiger partial charge in [0.1, 0.15) is 5.82 Å². The first-order valence-corrected chi connectivity index (χ1v) is 11.6. The highest BCUT2D eigenvalue weighted by molar-refractivity contribution is 7.89. The van der Waals surface area contributed by atoms with E-state index in [4.69, 9.17) is 0 Å². The Morgan fingerprint density at radius 2 is 1.72 bits per heavy atom. The summed E-state index contributed by atoms with van der Waals surface area (Å²) in [6.45, 7) is 4.23. The maximum atomic E-state index is 12.2. The molecule has 0 aliphatic carbocycles. The predicted octanol–water partition coefficient (Wildman–Crippen LogP) is 0.256. The van der Waals surface area contributed by atoms with Gasteiger partial charge >= 0.3 is 0 Å². The van der Waals surface area contributed by atoms with Gasteiger partial charge in [-0.05, 0) is 26.2 Å². The van der Waals surface area contributed by atoms with Crippen molar-refractivity contribution in [2.24, 2.45) is 0 Å². The molecule has 10 nitrogen and oxygen atoms in total. The van der Waals surface area contributed by atoms with Crippen molar-refractivity contribution in [3.63, 3.8) is 0 Å². The Labute approximate surface area is 171 Å². The molecule has 2 saturated heterocycles. The van der Waals surface area contributed by atoms with Crippen LogP contribution in [-0.2, 0) is 19.6 Å². The summed E-state index contributed by atoms with van der Waals surface area (Å²) in [6.07, 6.45) is 3.42. The number of sulfonamides is 1. The van der Waals surface area contributed by atoms with Gasteiger partial charge in [-0.15, -0.1) is 0 Å². The number of nitrogens with one attached hydrogen (secondary N) is 2. The number of aryl methyl sites for hydroxylation is 1. The number of carbonyl (C=O) groups excluding carboxylic acids is 2. The van der Waals surface area contributed by atoms with E-state index in [1.54, 1.807) is 0 Å².